The summed E-state index contributed by atoms with van der Waals surface area (Å²) in [6, 6.07) is 12.3. The highest BCUT2D eigenvalue weighted by Crippen LogP contribution is 2.36. The third-order valence-corrected chi connectivity index (χ3v) is 4.05. The van der Waals surface area contributed by atoms with Crippen molar-refractivity contribution >= 4 is 16.6 Å². The number of benzene rings is 2. The molecule has 0 fully saturated rings. The number of rotatable bonds is 3. The Kier molecular flexibility index (Phi) is 3.38. The second kappa shape index (κ2) is 5.21. The van der Waals surface area contributed by atoms with Gasteiger partial charge in [-0.15, -0.1) is 0 Å². The normalized spacial score (nSPS) is 17.1. The van der Waals surface area contributed by atoms with Crippen LogP contribution in [0.1, 0.15) is 28.8 Å². The Hall–Kier alpha value is -2.35. The van der Waals surface area contributed by atoms with Crippen molar-refractivity contribution in [3.8, 4) is 0 Å². The van der Waals surface area contributed by atoms with Gasteiger partial charge in [0.05, 0.1) is 0 Å². The van der Waals surface area contributed by atoms with Crippen molar-refractivity contribution in [2.75, 3.05) is 14.1 Å². The molecule has 106 valence electrons. The minimum atomic E-state index is 0.125. The molecule has 0 aromatic heterocycles. The Balaban J connectivity index is 2.24. The van der Waals surface area contributed by atoms with E-state index in [0.717, 1.165) is 21.9 Å². The topological polar surface area (TPSA) is 20.3 Å². The van der Waals surface area contributed by atoms with Gasteiger partial charge in [-0.2, -0.15) is 0 Å². The van der Waals surface area contributed by atoms with Crippen molar-refractivity contribution in [3.05, 3.63) is 71.5 Å². The molecular formula is C19H19NO. The van der Waals surface area contributed by atoms with E-state index >= 15 is 0 Å². The lowest BCUT2D eigenvalue weighted by Crippen LogP contribution is -2.17. The van der Waals surface area contributed by atoms with E-state index in [-0.39, 0.29) is 11.7 Å². The maximum atomic E-state index is 12.3. The molecule has 1 unspecified atom stereocenters. The highest BCUT2D eigenvalue weighted by molar-refractivity contribution is 6.08. The maximum Gasteiger partial charge on any atom is 0.160 e. The second-order valence-electron chi connectivity index (χ2n) is 5.66. The molecule has 2 aromatic carbocycles. The number of allylic oxidation sites excluding steroid dienone is 3. The van der Waals surface area contributed by atoms with E-state index in [9.17, 15) is 4.79 Å². The van der Waals surface area contributed by atoms with Crippen LogP contribution in [0.3, 0.4) is 0 Å². The highest BCUT2D eigenvalue weighted by atomic mass is 16.1. The van der Waals surface area contributed by atoms with E-state index in [1.54, 1.807) is 6.92 Å². The fourth-order valence-electron chi connectivity index (χ4n) is 3.10. The summed E-state index contributed by atoms with van der Waals surface area (Å²) < 4.78 is 0. The molecule has 0 amide bonds. The van der Waals surface area contributed by atoms with E-state index in [1.807, 2.05) is 32.3 Å². The Bertz CT molecular complexity index is 768. The van der Waals surface area contributed by atoms with Crippen LogP contribution in [0.2, 0.25) is 0 Å². The van der Waals surface area contributed by atoms with E-state index in [2.05, 4.69) is 41.3 Å². The largest absolute Gasteiger partial charge is 0.380 e. The molecule has 1 aliphatic rings. The molecule has 2 nitrogen and oxygen atoms in total. The number of likely N-dealkylation sites (N-methyl/N-ethyl adjacent to an activating group) is 1. The molecule has 0 saturated heterocycles. The lowest BCUT2D eigenvalue weighted by molar-refractivity contribution is 0.101. The van der Waals surface area contributed by atoms with Crippen molar-refractivity contribution in [1.82, 2.24) is 4.90 Å². The van der Waals surface area contributed by atoms with Gasteiger partial charge in [0.2, 0.25) is 0 Å². The highest BCUT2D eigenvalue weighted by Gasteiger charge is 2.23. The number of fused-ring (bicyclic) bond motifs is 1. The summed E-state index contributed by atoms with van der Waals surface area (Å²) in [7, 11) is 4.08. The predicted octanol–water partition coefficient (Wildman–Crippen LogP) is 4.14. The van der Waals surface area contributed by atoms with Crippen molar-refractivity contribution in [3.63, 3.8) is 0 Å². The van der Waals surface area contributed by atoms with Crippen LogP contribution in [0, 0.1) is 0 Å². The van der Waals surface area contributed by atoms with Crippen LogP contribution in [-0.4, -0.2) is 24.8 Å². The number of carbonyl (C=O) groups is 1. The molecule has 2 heteroatoms. The van der Waals surface area contributed by atoms with Gasteiger partial charge in [-0.1, -0.05) is 48.6 Å². The van der Waals surface area contributed by atoms with Crippen LogP contribution in [0.4, 0.5) is 0 Å². The molecule has 0 aliphatic heterocycles. The number of Topliss-reactive ketones (excluding diaryl/α,β-unsaturated/α-hetero) is 1. The molecular weight excluding hydrogens is 258 g/mol. The van der Waals surface area contributed by atoms with Crippen LogP contribution in [0.5, 0.6) is 0 Å². The van der Waals surface area contributed by atoms with Crippen LogP contribution in [0.25, 0.3) is 10.8 Å². The Labute approximate surface area is 125 Å². The second-order valence-corrected chi connectivity index (χ2v) is 5.66. The van der Waals surface area contributed by atoms with E-state index < -0.39 is 0 Å². The van der Waals surface area contributed by atoms with Gasteiger partial charge in [-0.25, -0.2) is 0 Å². The molecule has 21 heavy (non-hydrogen) atoms. The van der Waals surface area contributed by atoms with Gasteiger partial charge in [0.25, 0.3) is 0 Å². The Morgan fingerprint density at radius 2 is 1.86 bits per heavy atom. The average Bonchev–Trinajstić information content (AvgIpc) is 2.95. The number of hydrogen-bond acceptors (Lipinski definition) is 2. The van der Waals surface area contributed by atoms with Crippen molar-refractivity contribution < 1.29 is 4.79 Å². The summed E-state index contributed by atoms with van der Waals surface area (Å²) in [6.45, 7) is 1.66. The molecule has 3 rings (SSSR count). The maximum absolute atomic E-state index is 12.3. The first-order chi connectivity index (χ1) is 10.1. The quantitative estimate of drug-likeness (QED) is 0.786. The van der Waals surface area contributed by atoms with Crippen LogP contribution in [0.15, 0.2) is 60.3 Å². The summed E-state index contributed by atoms with van der Waals surface area (Å²) in [6.07, 6.45) is 6.34. The minimum Gasteiger partial charge on any atom is -0.380 e. The van der Waals surface area contributed by atoms with Gasteiger partial charge in [-0.05, 0) is 29.3 Å². The molecule has 0 spiro atoms. The summed E-state index contributed by atoms with van der Waals surface area (Å²) in [5.74, 6) is 0.281. The summed E-state index contributed by atoms with van der Waals surface area (Å²) in [5.41, 5.74) is 3.15. The molecule has 1 aliphatic carbocycles. The van der Waals surface area contributed by atoms with Gasteiger partial charge in [0.15, 0.2) is 5.78 Å². The molecule has 0 saturated carbocycles. The van der Waals surface area contributed by atoms with Crippen LogP contribution >= 0.6 is 0 Å². The van der Waals surface area contributed by atoms with Crippen molar-refractivity contribution in [2.45, 2.75) is 12.8 Å². The van der Waals surface area contributed by atoms with E-state index in [0.29, 0.717) is 0 Å². The molecule has 2 aromatic rings. The van der Waals surface area contributed by atoms with Crippen LogP contribution in [-0.2, 0) is 0 Å². The lowest BCUT2D eigenvalue weighted by Gasteiger charge is -2.24. The molecule has 0 N–H and O–H groups in total. The van der Waals surface area contributed by atoms with E-state index in [1.165, 1.54) is 5.70 Å². The van der Waals surface area contributed by atoms with Crippen molar-refractivity contribution in [2.24, 2.45) is 0 Å². The zero-order valence-electron chi connectivity index (χ0n) is 12.6. The fraction of sp³-hybridized carbons (Fsp3) is 0.211. The zero-order valence-corrected chi connectivity index (χ0v) is 12.6. The number of hydrogen-bond donors (Lipinski definition) is 0. The van der Waals surface area contributed by atoms with Crippen molar-refractivity contribution in [1.29, 1.82) is 0 Å². The van der Waals surface area contributed by atoms with Gasteiger partial charge >= 0.3 is 0 Å². The number of nitrogens with zero attached hydrogens (tertiary/aromatic N) is 1. The third-order valence-electron chi connectivity index (χ3n) is 4.05. The predicted molar refractivity (Wildman–Crippen MR) is 87.6 cm³/mol. The summed E-state index contributed by atoms with van der Waals surface area (Å²) >= 11 is 0. The first-order valence-electron chi connectivity index (χ1n) is 7.18. The lowest BCUT2D eigenvalue weighted by atomic mass is 9.87. The SMILES string of the molecule is CC(=O)c1c(C2C=CC=C2N(C)C)ccc2ccccc12. The molecule has 0 radical (unpaired) electrons. The average molecular weight is 277 g/mol. The van der Waals surface area contributed by atoms with Gasteiger partial charge < -0.3 is 4.90 Å². The molecule has 0 heterocycles. The fourth-order valence-corrected chi connectivity index (χ4v) is 3.10. The van der Waals surface area contributed by atoms with E-state index in [4.69, 9.17) is 0 Å². The minimum absolute atomic E-state index is 0.125. The number of carbonyl (C=O) groups excluding carboxylic acids is 1. The third kappa shape index (κ3) is 2.27. The monoisotopic (exact) mass is 277 g/mol. The number of ketones is 1. The summed E-state index contributed by atoms with van der Waals surface area (Å²) in [4.78, 5) is 14.4. The van der Waals surface area contributed by atoms with Gasteiger partial charge in [0.1, 0.15) is 0 Å². The summed E-state index contributed by atoms with van der Waals surface area (Å²) in [5, 5.41) is 2.16. The molecule has 1 atom stereocenters. The smallest absolute Gasteiger partial charge is 0.160 e. The van der Waals surface area contributed by atoms with Gasteiger partial charge in [0, 0.05) is 31.3 Å². The zero-order chi connectivity index (χ0) is 15.0. The first kappa shape index (κ1) is 13.6. The standard InChI is InChI=1S/C19H19NO/c1-13(21)19-15-8-5-4-7-14(15)11-12-17(19)16-9-6-10-18(16)20(2)3/h4-12,16H,1-3H3. The van der Waals surface area contributed by atoms with Crippen LogP contribution < -0.4 is 0 Å². The van der Waals surface area contributed by atoms with Gasteiger partial charge in [-0.3, -0.25) is 4.79 Å². The molecule has 0 bridgehead atoms. The Morgan fingerprint density at radius 3 is 2.57 bits per heavy atom. The Morgan fingerprint density at radius 1 is 1.10 bits per heavy atom. The first-order valence-corrected chi connectivity index (χ1v) is 7.18.